The summed E-state index contributed by atoms with van der Waals surface area (Å²) in [5, 5.41) is 5.49. The number of nitrogens with zero attached hydrogens (tertiary/aromatic N) is 1. The normalized spacial score (nSPS) is 11.1. The molecule has 0 bridgehead atoms. The lowest BCUT2D eigenvalue weighted by Gasteiger charge is -1.81. The molecule has 13 heavy (non-hydrogen) atoms. The highest BCUT2D eigenvalue weighted by atomic mass is 32.1. The van der Waals surface area contributed by atoms with Gasteiger partial charge in [-0.1, -0.05) is 0 Å². The Morgan fingerprint density at radius 3 is 2.92 bits per heavy atom. The second kappa shape index (κ2) is 3.40. The second-order valence-electron chi connectivity index (χ2n) is 2.40. The summed E-state index contributed by atoms with van der Waals surface area (Å²) in [5.74, 6) is 1.46. The van der Waals surface area contributed by atoms with Gasteiger partial charge in [-0.25, -0.2) is 4.98 Å². The number of rotatable bonds is 2. The SMILES string of the molecule is S=c1nc(/C=C/c2ccco2)[nH][nH]1. The first-order valence-electron chi connectivity index (χ1n) is 3.71. The highest BCUT2D eigenvalue weighted by Gasteiger charge is 1.90. The van der Waals surface area contributed by atoms with Gasteiger partial charge in [0.25, 0.3) is 0 Å². The van der Waals surface area contributed by atoms with Crippen LogP contribution in [0.15, 0.2) is 22.8 Å². The van der Waals surface area contributed by atoms with Crippen LogP contribution in [0.5, 0.6) is 0 Å². The van der Waals surface area contributed by atoms with E-state index in [1.807, 2.05) is 12.1 Å². The minimum Gasteiger partial charge on any atom is -0.465 e. The zero-order chi connectivity index (χ0) is 9.10. The molecule has 0 unspecified atom stereocenters. The van der Waals surface area contributed by atoms with Crippen molar-refractivity contribution in [3.63, 3.8) is 0 Å². The molecule has 2 N–H and O–H groups in total. The standard InChI is InChI=1S/C8H7N3OS/c13-8-9-7(10-11-8)4-3-6-2-1-5-12-6/h1-5H,(H2,9,10,11,13)/b4-3+. The number of aromatic nitrogens is 3. The molecule has 0 amide bonds. The molecule has 2 rings (SSSR count). The molecule has 0 aromatic carbocycles. The summed E-state index contributed by atoms with van der Waals surface area (Å²) in [6, 6.07) is 3.68. The van der Waals surface area contributed by atoms with Crippen molar-refractivity contribution in [1.82, 2.24) is 15.2 Å². The minimum atomic E-state index is 0.444. The molecule has 0 saturated carbocycles. The lowest BCUT2D eigenvalue weighted by molar-refractivity contribution is 0.557. The molecular formula is C8H7N3OS. The van der Waals surface area contributed by atoms with Gasteiger partial charge in [-0.2, -0.15) is 0 Å². The number of hydrogen-bond donors (Lipinski definition) is 2. The minimum absolute atomic E-state index is 0.444. The Balaban J connectivity index is 2.19. The van der Waals surface area contributed by atoms with Crippen LogP contribution in [-0.4, -0.2) is 15.2 Å². The molecule has 0 aliphatic carbocycles. The molecule has 2 aromatic heterocycles. The van der Waals surface area contributed by atoms with Crippen LogP contribution in [-0.2, 0) is 0 Å². The zero-order valence-corrected chi connectivity index (χ0v) is 7.47. The van der Waals surface area contributed by atoms with Crippen LogP contribution in [0.1, 0.15) is 11.6 Å². The average molecular weight is 193 g/mol. The molecule has 0 fully saturated rings. The summed E-state index contributed by atoms with van der Waals surface area (Å²) in [5.41, 5.74) is 0. The first-order valence-corrected chi connectivity index (χ1v) is 4.12. The van der Waals surface area contributed by atoms with Crippen molar-refractivity contribution >= 4 is 24.4 Å². The summed E-state index contributed by atoms with van der Waals surface area (Å²) in [4.78, 5) is 3.99. The topological polar surface area (TPSA) is 57.6 Å². The van der Waals surface area contributed by atoms with E-state index in [4.69, 9.17) is 16.6 Å². The van der Waals surface area contributed by atoms with E-state index in [2.05, 4.69) is 15.2 Å². The molecule has 0 aliphatic heterocycles. The lowest BCUT2D eigenvalue weighted by Crippen LogP contribution is -1.73. The molecule has 0 atom stereocenters. The lowest BCUT2D eigenvalue weighted by atomic mass is 10.4. The van der Waals surface area contributed by atoms with Crippen LogP contribution >= 0.6 is 12.2 Å². The molecule has 0 spiro atoms. The molecule has 2 aromatic rings. The third-order valence-corrected chi connectivity index (χ3v) is 1.66. The van der Waals surface area contributed by atoms with Gasteiger partial charge in [-0.3, -0.25) is 10.2 Å². The first-order chi connectivity index (χ1) is 6.34. The third-order valence-electron chi connectivity index (χ3n) is 1.47. The number of aromatic amines is 2. The van der Waals surface area contributed by atoms with Gasteiger partial charge in [0.15, 0.2) is 0 Å². The van der Waals surface area contributed by atoms with Crippen LogP contribution < -0.4 is 0 Å². The van der Waals surface area contributed by atoms with Crippen LogP contribution in [0.3, 0.4) is 0 Å². The largest absolute Gasteiger partial charge is 0.465 e. The number of furan rings is 1. The van der Waals surface area contributed by atoms with E-state index in [0.717, 1.165) is 5.76 Å². The van der Waals surface area contributed by atoms with Crippen molar-refractivity contribution in [2.75, 3.05) is 0 Å². The van der Waals surface area contributed by atoms with E-state index in [1.54, 1.807) is 18.4 Å². The number of nitrogens with one attached hydrogen (secondary N) is 2. The molecule has 4 nitrogen and oxygen atoms in total. The van der Waals surface area contributed by atoms with Gasteiger partial charge < -0.3 is 4.42 Å². The predicted molar refractivity (Wildman–Crippen MR) is 51.4 cm³/mol. The highest BCUT2D eigenvalue weighted by Crippen LogP contribution is 2.04. The maximum absolute atomic E-state index is 5.10. The molecular weight excluding hydrogens is 186 g/mol. The van der Waals surface area contributed by atoms with Crippen molar-refractivity contribution < 1.29 is 4.42 Å². The summed E-state index contributed by atoms with van der Waals surface area (Å²) in [7, 11) is 0. The Kier molecular flexibility index (Phi) is 2.09. The molecule has 0 radical (unpaired) electrons. The van der Waals surface area contributed by atoms with Gasteiger partial charge in [0.05, 0.1) is 6.26 Å². The predicted octanol–water partition coefficient (Wildman–Crippen LogP) is 2.23. The van der Waals surface area contributed by atoms with Gasteiger partial charge in [0.1, 0.15) is 11.6 Å². The highest BCUT2D eigenvalue weighted by molar-refractivity contribution is 7.71. The second-order valence-corrected chi connectivity index (χ2v) is 2.79. The fraction of sp³-hybridized carbons (Fsp3) is 0. The molecule has 2 heterocycles. The van der Waals surface area contributed by atoms with E-state index in [9.17, 15) is 0 Å². The van der Waals surface area contributed by atoms with Crippen molar-refractivity contribution in [1.29, 1.82) is 0 Å². The van der Waals surface area contributed by atoms with Crippen LogP contribution in [0.25, 0.3) is 12.2 Å². The van der Waals surface area contributed by atoms with Crippen LogP contribution in [0.2, 0.25) is 0 Å². The van der Waals surface area contributed by atoms with Gasteiger partial charge in [-0.05, 0) is 36.5 Å². The first kappa shape index (κ1) is 8.00. The smallest absolute Gasteiger partial charge is 0.213 e. The van der Waals surface area contributed by atoms with Crippen molar-refractivity contribution in [2.24, 2.45) is 0 Å². The number of hydrogen-bond acceptors (Lipinski definition) is 3. The van der Waals surface area contributed by atoms with Gasteiger partial charge in [0, 0.05) is 0 Å². The van der Waals surface area contributed by atoms with E-state index in [0.29, 0.717) is 10.6 Å². The summed E-state index contributed by atoms with van der Waals surface area (Å²) >= 11 is 4.79. The Morgan fingerprint density at radius 2 is 2.31 bits per heavy atom. The van der Waals surface area contributed by atoms with Gasteiger partial charge in [-0.15, -0.1) is 0 Å². The van der Waals surface area contributed by atoms with E-state index < -0.39 is 0 Å². The summed E-state index contributed by atoms with van der Waals surface area (Å²) in [6.07, 6.45) is 5.21. The van der Waals surface area contributed by atoms with Gasteiger partial charge in [0.2, 0.25) is 4.77 Å². The third kappa shape index (κ3) is 1.94. The van der Waals surface area contributed by atoms with Gasteiger partial charge >= 0.3 is 0 Å². The van der Waals surface area contributed by atoms with Crippen molar-refractivity contribution in [3.05, 3.63) is 34.8 Å². The van der Waals surface area contributed by atoms with Crippen molar-refractivity contribution in [2.45, 2.75) is 0 Å². The fourth-order valence-corrected chi connectivity index (χ4v) is 1.06. The Bertz CT molecular complexity index is 452. The Hall–Kier alpha value is -1.62. The maximum Gasteiger partial charge on any atom is 0.213 e. The number of H-pyrrole nitrogens is 2. The van der Waals surface area contributed by atoms with E-state index >= 15 is 0 Å². The molecule has 5 heteroatoms. The average Bonchev–Trinajstić information content (AvgIpc) is 2.71. The zero-order valence-electron chi connectivity index (χ0n) is 6.65. The van der Waals surface area contributed by atoms with Crippen LogP contribution in [0, 0.1) is 4.77 Å². The Labute approximate surface area is 79.3 Å². The van der Waals surface area contributed by atoms with E-state index in [1.165, 1.54) is 0 Å². The van der Waals surface area contributed by atoms with E-state index in [-0.39, 0.29) is 0 Å². The molecule has 0 aliphatic rings. The quantitative estimate of drug-likeness (QED) is 0.719. The summed E-state index contributed by atoms with van der Waals surface area (Å²) < 4.78 is 5.54. The van der Waals surface area contributed by atoms with Crippen LogP contribution in [0.4, 0.5) is 0 Å². The Morgan fingerprint density at radius 1 is 1.38 bits per heavy atom. The molecule has 0 saturated heterocycles. The van der Waals surface area contributed by atoms with Crippen molar-refractivity contribution in [3.8, 4) is 0 Å². The summed E-state index contributed by atoms with van der Waals surface area (Å²) in [6.45, 7) is 0. The molecule has 66 valence electrons. The monoisotopic (exact) mass is 193 g/mol. The fourth-order valence-electron chi connectivity index (χ4n) is 0.909. The maximum atomic E-state index is 5.10.